The zero-order chi connectivity index (χ0) is 26.3. The summed E-state index contributed by atoms with van der Waals surface area (Å²) in [5.74, 6) is -0.682. The number of hydrogen-bond donors (Lipinski definition) is 1. The van der Waals surface area contributed by atoms with Crippen LogP contribution in [0.1, 0.15) is 24.5 Å². The van der Waals surface area contributed by atoms with Gasteiger partial charge >= 0.3 is 0 Å². The quantitative estimate of drug-likeness (QED) is 0.451. The third-order valence-electron chi connectivity index (χ3n) is 6.12. The van der Waals surface area contributed by atoms with Gasteiger partial charge in [0.25, 0.3) is 5.56 Å². The Morgan fingerprint density at radius 3 is 2.58 bits per heavy atom. The van der Waals surface area contributed by atoms with Crippen LogP contribution < -0.4 is 10.3 Å². The number of halogens is 2. The minimum absolute atomic E-state index is 0.0683. The van der Waals surface area contributed by atoms with Crippen molar-refractivity contribution in [3.8, 4) is 0 Å². The molecule has 2 aromatic carbocycles. The van der Waals surface area contributed by atoms with Crippen LogP contribution in [0.5, 0.6) is 0 Å². The van der Waals surface area contributed by atoms with Crippen LogP contribution >= 0.6 is 11.6 Å². The summed E-state index contributed by atoms with van der Waals surface area (Å²) in [5, 5.41) is 0.396. The Hall–Kier alpha value is -2.38. The topological polar surface area (TPSA) is 118 Å². The highest BCUT2D eigenvalue weighted by atomic mass is 35.5. The first-order valence-electron chi connectivity index (χ1n) is 11.2. The van der Waals surface area contributed by atoms with Gasteiger partial charge in [0.2, 0.25) is 10.0 Å². The Kier molecular flexibility index (Phi) is 7.54. The molecular formula is C23H26ClFN4O5S2. The summed E-state index contributed by atoms with van der Waals surface area (Å²) in [6, 6.07) is 6.80. The largest absolute Gasteiger partial charge is 0.297 e. The molecule has 3 aromatic rings. The maximum Gasteiger partial charge on any atom is 0.261 e. The van der Waals surface area contributed by atoms with Crippen molar-refractivity contribution in [2.45, 2.75) is 37.4 Å². The molecule has 13 heteroatoms. The van der Waals surface area contributed by atoms with Crippen LogP contribution in [0.15, 0.2) is 46.3 Å². The zero-order valence-corrected chi connectivity index (χ0v) is 22.1. The molecule has 1 atom stereocenters. The standard InChI is InChI=1S/C23H26ClFN4O5S2/c1-3-36(33,34)22-5-4-17(24)8-16(22)12-29-14-26-21-9-15(20(25)10-19(21)23(29)30)11-28-7-6-18(13-28)27-35(2,31)32/h4-5,8-10,14,18,27H,3,6-7,11-13H2,1-2H3/t18-/m1/s1. The van der Waals surface area contributed by atoms with E-state index < -0.39 is 31.2 Å². The van der Waals surface area contributed by atoms with Gasteiger partial charge in [-0.25, -0.2) is 30.9 Å². The fraction of sp³-hybridized carbons (Fsp3) is 0.391. The van der Waals surface area contributed by atoms with Crippen molar-refractivity contribution in [1.82, 2.24) is 19.2 Å². The fourth-order valence-electron chi connectivity index (χ4n) is 4.39. The highest BCUT2D eigenvalue weighted by molar-refractivity contribution is 7.91. The van der Waals surface area contributed by atoms with Crippen molar-refractivity contribution in [2.75, 3.05) is 25.1 Å². The van der Waals surface area contributed by atoms with E-state index in [2.05, 4.69) is 9.71 Å². The molecule has 194 valence electrons. The molecule has 0 radical (unpaired) electrons. The predicted molar refractivity (Wildman–Crippen MR) is 136 cm³/mol. The number of benzene rings is 2. The summed E-state index contributed by atoms with van der Waals surface area (Å²) in [6.07, 6.45) is 3.02. The van der Waals surface area contributed by atoms with E-state index in [1.54, 1.807) is 0 Å². The van der Waals surface area contributed by atoms with E-state index in [4.69, 9.17) is 11.6 Å². The summed E-state index contributed by atoms with van der Waals surface area (Å²) in [6.45, 7) is 2.73. The monoisotopic (exact) mass is 556 g/mol. The van der Waals surface area contributed by atoms with Crippen molar-refractivity contribution in [3.63, 3.8) is 0 Å². The lowest BCUT2D eigenvalue weighted by atomic mass is 10.1. The average Bonchev–Trinajstić information content (AvgIpc) is 3.21. The lowest BCUT2D eigenvalue weighted by Crippen LogP contribution is -2.36. The molecule has 0 unspecified atom stereocenters. The molecule has 1 N–H and O–H groups in total. The minimum Gasteiger partial charge on any atom is -0.297 e. The fourth-order valence-corrected chi connectivity index (χ4v) is 6.49. The van der Waals surface area contributed by atoms with Gasteiger partial charge in [-0.15, -0.1) is 0 Å². The molecule has 36 heavy (non-hydrogen) atoms. The number of hydrogen-bond acceptors (Lipinski definition) is 7. The number of nitrogens with one attached hydrogen (secondary N) is 1. The van der Waals surface area contributed by atoms with Crippen LogP contribution in [0.2, 0.25) is 5.02 Å². The van der Waals surface area contributed by atoms with E-state index in [0.717, 1.165) is 12.3 Å². The Morgan fingerprint density at radius 2 is 1.89 bits per heavy atom. The van der Waals surface area contributed by atoms with Gasteiger partial charge in [0.05, 0.1) is 40.7 Å². The molecular weight excluding hydrogens is 531 g/mol. The van der Waals surface area contributed by atoms with E-state index in [0.29, 0.717) is 41.2 Å². The van der Waals surface area contributed by atoms with Crippen molar-refractivity contribution >= 4 is 42.4 Å². The first kappa shape index (κ1) is 26.7. The van der Waals surface area contributed by atoms with Crippen molar-refractivity contribution in [2.24, 2.45) is 0 Å². The van der Waals surface area contributed by atoms with Crippen LogP contribution in [0, 0.1) is 5.82 Å². The normalized spacial score (nSPS) is 17.2. The second-order valence-electron chi connectivity index (χ2n) is 8.90. The summed E-state index contributed by atoms with van der Waals surface area (Å²) in [5.41, 5.74) is 0.489. The molecule has 0 bridgehead atoms. The summed E-state index contributed by atoms with van der Waals surface area (Å²) in [7, 11) is -6.88. The summed E-state index contributed by atoms with van der Waals surface area (Å²) < 4.78 is 66.7. The molecule has 0 amide bonds. The maximum absolute atomic E-state index is 15.0. The number of sulfone groups is 1. The second kappa shape index (κ2) is 10.2. The molecule has 1 saturated heterocycles. The van der Waals surface area contributed by atoms with E-state index >= 15 is 0 Å². The SMILES string of the molecule is CCS(=O)(=O)c1ccc(Cl)cc1Cn1cnc2cc(CN3CC[C@@H](NS(C)(=O)=O)C3)c(F)cc2c1=O. The van der Waals surface area contributed by atoms with Gasteiger partial charge in [0, 0.05) is 36.3 Å². The van der Waals surface area contributed by atoms with E-state index in [9.17, 15) is 26.0 Å². The Balaban J connectivity index is 1.61. The molecule has 0 aliphatic carbocycles. The van der Waals surface area contributed by atoms with Crippen LogP contribution in [-0.2, 0) is 33.0 Å². The summed E-state index contributed by atoms with van der Waals surface area (Å²) >= 11 is 6.07. The van der Waals surface area contributed by atoms with Crippen molar-refractivity contribution in [1.29, 1.82) is 0 Å². The first-order chi connectivity index (χ1) is 16.9. The number of nitrogens with zero attached hydrogens (tertiary/aromatic N) is 3. The zero-order valence-electron chi connectivity index (χ0n) is 19.7. The van der Waals surface area contributed by atoms with Gasteiger partial charge in [0.15, 0.2) is 9.84 Å². The molecule has 1 aromatic heterocycles. The van der Waals surface area contributed by atoms with Crippen LogP contribution in [-0.4, -0.2) is 62.4 Å². The number of rotatable bonds is 8. The molecule has 0 spiro atoms. The average molecular weight is 557 g/mol. The lowest BCUT2D eigenvalue weighted by Gasteiger charge is -2.17. The van der Waals surface area contributed by atoms with Crippen molar-refractivity contribution in [3.05, 3.63) is 69.0 Å². The van der Waals surface area contributed by atoms with Crippen LogP contribution in [0.25, 0.3) is 10.9 Å². The third kappa shape index (κ3) is 5.94. The van der Waals surface area contributed by atoms with Crippen LogP contribution in [0.3, 0.4) is 0 Å². The first-order valence-corrected chi connectivity index (χ1v) is 15.2. The van der Waals surface area contributed by atoms with Gasteiger partial charge in [0.1, 0.15) is 5.82 Å². The number of likely N-dealkylation sites (tertiary alicyclic amines) is 1. The molecule has 1 fully saturated rings. The summed E-state index contributed by atoms with van der Waals surface area (Å²) in [4.78, 5) is 19.5. The molecule has 4 rings (SSSR count). The Labute approximate surface area is 213 Å². The minimum atomic E-state index is -3.56. The van der Waals surface area contributed by atoms with Crippen molar-refractivity contribution < 1.29 is 21.2 Å². The molecule has 9 nitrogen and oxygen atoms in total. The van der Waals surface area contributed by atoms with Gasteiger partial charge < -0.3 is 0 Å². The van der Waals surface area contributed by atoms with Gasteiger partial charge in [-0.05, 0) is 42.3 Å². The van der Waals surface area contributed by atoms with Crippen LogP contribution in [0.4, 0.5) is 4.39 Å². The van der Waals surface area contributed by atoms with E-state index in [1.807, 2.05) is 4.90 Å². The van der Waals surface area contributed by atoms with E-state index in [1.165, 1.54) is 42.1 Å². The molecule has 0 saturated carbocycles. The number of sulfonamides is 1. The highest BCUT2D eigenvalue weighted by Crippen LogP contribution is 2.23. The maximum atomic E-state index is 15.0. The van der Waals surface area contributed by atoms with Gasteiger partial charge in [-0.3, -0.25) is 14.3 Å². The van der Waals surface area contributed by atoms with Gasteiger partial charge in [-0.2, -0.15) is 0 Å². The highest BCUT2D eigenvalue weighted by Gasteiger charge is 2.26. The van der Waals surface area contributed by atoms with E-state index in [-0.39, 0.29) is 35.2 Å². The third-order valence-corrected chi connectivity index (χ3v) is 8.94. The predicted octanol–water partition coefficient (Wildman–Crippen LogP) is 2.15. The molecule has 1 aliphatic heterocycles. The number of aromatic nitrogens is 2. The molecule has 2 heterocycles. The lowest BCUT2D eigenvalue weighted by molar-refractivity contribution is 0.319. The smallest absolute Gasteiger partial charge is 0.261 e. The second-order valence-corrected chi connectivity index (χ2v) is 13.4. The Morgan fingerprint density at radius 1 is 1.14 bits per heavy atom. The van der Waals surface area contributed by atoms with Gasteiger partial charge in [-0.1, -0.05) is 18.5 Å². The Bertz CT molecular complexity index is 1590. The number of fused-ring (bicyclic) bond motifs is 1. The molecule has 1 aliphatic rings.